The fourth-order valence-corrected chi connectivity index (χ4v) is 2.44. The zero-order valence-electron chi connectivity index (χ0n) is 11.2. The number of unbranched alkanes of at least 4 members (excludes halogenated alkanes) is 5. The predicted octanol–water partition coefficient (Wildman–Crippen LogP) is 2.20. The van der Waals surface area contributed by atoms with Gasteiger partial charge in [0.15, 0.2) is 5.03 Å². The number of primary sulfonamides is 1. The van der Waals surface area contributed by atoms with Gasteiger partial charge in [-0.05, 0) is 13.3 Å². The minimum absolute atomic E-state index is 0.0361. The number of sulfonamides is 1. The smallest absolute Gasteiger partial charge is 0.257 e. The van der Waals surface area contributed by atoms with Gasteiger partial charge in [0.2, 0.25) is 0 Å². The zero-order chi connectivity index (χ0) is 13.6. The Hall–Kier alpha value is -0.880. The van der Waals surface area contributed by atoms with Crippen LogP contribution in [0.15, 0.2) is 11.2 Å². The van der Waals surface area contributed by atoms with E-state index in [2.05, 4.69) is 11.9 Å². The first kappa shape index (κ1) is 15.2. The zero-order valence-corrected chi connectivity index (χ0v) is 12.0. The van der Waals surface area contributed by atoms with E-state index in [4.69, 9.17) is 5.14 Å². The van der Waals surface area contributed by atoms with Crippen molar-refractivity contribution in [1.82, 2.24) is 9.55 Å². The minimum Gasteiger partial charge on any atom is -0.334 e. The van der Waals surface area contributed by atoms with Crippen molar-refractivity contribution in [1.29, 1.82) is 0 Å². The number of aromatic nitrogens is 2. The van der Waals surface area contributed by atoms with Crippen LogP contribution < -0.4 is 5.14 Å². The largest absolute Gasteiger partial charge is 0.334 e. The van der Waals surface area contributed by atoms with Gasteiger partial charge in [0.05, 0.1) is 0 Å². The number of hydrogen-bond donors (Lipinski definition) is 1. The van der Waals surface area contributed by atoms with E-state index in [9.17, 15) is 8.42 Å². The molecule has 1 heterocycles. The molecule has 0 aliphatic heterocycles. The predicted molar refractivity (Wildman–Crippen MR) is 71.7 cm³/mol. The molecule has 1 aromatic heterocycles. The van der Waals surface area contributed by atoms with E-state index in [1.807, 2.05) is 4.57 Å². The number of nitrogens with two attached hydrogens (primary N) is 1. The molecule has 0 bridgehead atoms. The highest BCUT2D eigenvalue weighted by molar-refractivity contribution is 7.89. The summed E-state index contributed by atoms with van der Waals surface area (Å²) in [6.45, 7) is 4.80. The Morgan fingerprint density at radius 1 is 1.22 bits per heavy atom. The maximum Gasteiger partial charge on any atom is 0.257 e. The molecule has 0 radical (unpaired) electrons. The molecule has 0 atom stereocenters. The van der Waals surface area contributed by atoms with Crippen molar-refractivity contribution >= 4 is 10.0 Å². The van der Waals surface area contributed by atoms with Crippen molar-refractivity contribution < 1.29 is 8.42 Å². The molecule has 0 aromatic carbocycles. The number of imidazole rings is 1. The number of hydrogen-bond acceptors (Lipinski definition) is 3. The van der Waals surface area contributed by atoms with E-state index in [0.29, 0.717) is 5.82 Å². The fourth-order valence-electron chi connectivity index (χ4n) is 1.91. The third-order valence-electron chi connectivity index (χ3n) is 3.00. The van der Waals surface area contributed by atoms with Crippen LogP contribution in [0.4, 0.5) is 0 Å². The van der Waals surface area contributed by atoms with Crippen LogP contribution >= 0.6 is 0 Å². The standard InChI is InChI=1S/C12H23N3O2S/c1-3-4-5-6-7-8-9-15-10-12(14-11(15)2)18(13,16)17/h10H,3-9H2,1-2H3,(H2,13,16,17). The maximum absolute atomic E-state index is 11.1. The van der Waals surface area contributed by atoms with Crippen LogP contribution in [0, 0.1) is 6.92 Å². The quantitative estimate of drug-likeness (QED) is 0.737. The van der Waals surface area contributed by atoms with Crippen LogP contribution in [-0.2, 0) is 16.6 Å². The molecular weight excluding hydrogens is 250 g/mol. The third kappa shape index (κ3) is 4.78. The Bertz CT molecular complexity index is 466. The molecule has 6 heteroatoms. The lowest BCUT2D eigenvalue weighted by atomic mass is 10.1. The average molecular weight is 273 g/mol. The lowest BCUT2D eigenvalue weighted by molar-refractivity contribution is 0.551. The van der Waals surface area contributed by atoms with Crippen LogP contribution in [-0.4, -0.2) is 18.0 Å². The molecule has 0 amide bonds. The molecule has 104 valence electrons. The molecule has 2 N–H and O–H groups in total. The van der Waals surface area contributed by atoms with Crippen LogP contribution in [0.25, 0.3) is 0 Å². The van der Waals surface area contributed by atoms with E-state index in [-0.39, 0.29) is 5.03 Å². The summed E-state index contributed by atoms with van der Waals surface area (Å²) in [4.78, 5) is 3.96. The maximum atomic E-state index is 11.1. The van der Waals surface area contributed by atoms with Crippen molar-refractivity contribution in [2.24, 2.45) is 5.14 Å². The van der Waals surface area contributed by atoms with Crippen LogP contribution in [0.1, 0.15) is 51.3 Å². The van der Waals surface area contributed by atoms with Gasteiger partial charge < -0.3 is 4.57 Å². The second-order valence-electron chi connectivity index (χ2n) is 4.63. The van der Waals surface area contributed by atoms with E-state index in [1.54, 1.807) is 6.92 Å². The van der Waals surface area contributed by atoms with Gasteiger partial charge in [-0.25, -0.2) is 18.5 Å². The van der Waals surface area contributed by atoms with E-state index in [0.717, 1.165) is 13.0 Å². The van der Waals surface area contributed by atoms with Gasteiger partial charge in [-0.15, -0.1) is 0 Å². The van der Waals surface area contributed by atoms with E-state index >= 15 is 0 Å². The van der Waals surface area contributed by atoms with Gasteiger partial charge in [-0.3, -0.25) is 0 Å². The van der Waals surface area contributed by atoms with Crippen molar-refractivity contribution in [2.75, 3.05) is 0 Å². The SMILES string of the molecule is CCCCCCCCn1cc(S(N)(=O)=O)nc1C. The fraction of sp³-hybridized carbons (Fsp3) is 0.750. The molecule has 0 unspecified atom stereocenters. The second kappa shape index (κ2) is 6.89. The Morgan fingerprint density at radius 3 is 2.39 bits per heavy atom. The second-order valence-corrected chi connectivity index (χ2v) is 6.14. The summed E-state index contributed by atoms with van der Waals surface area (Å²) in [5.41, 5.74) is 0. The third-order valence-corrected chi connectivity index (χ3v) is 3.78. The molecule has 0 saturated carbocycles. The van der Waals surface area contributed by atoms with Gasteiger partial charge in [-0.1, -0.05) is 39.0 Å². The topological polar surface area (TPSA) is 78.0 Å². The molecule has 0 fully saturated rings. The molecule has 5 nitrogen and oxygen atoms in total. The number of aryl methyl sites for hydroxylation is 2. The average Bonchev–Trinajstić information content (AvgIpc) is 2.65. The first-order valence-electron chi connectivity index (χ1n) is 6.51. The summed E-state index contributed by atoms with van der Waals surface area (Å²) in [6, 6.07) is 0. The highest BCUT2D eigenvalue weighted by Gasteiger charge is 2.13. The van der Waals surface area contributed by atoms with Gasteiger partial charge in [-0.2, -0.15) is 0 Å². The van der Waals surface area contributed by atoms with Crippen LogP contribution in [0.5, 0.6) is 0 Å². The summed E-state index contributed by atoms with van der Waals surface area (Å²) >= 11 is 0. The molecule has 0 aliphatic rings. The van der Waals surface area contributed by atoms with Crippen molar-refractivity contribution in [3.8, 4) is 0 Å². The number of nitrogens with zero attached hydrogens (tertiary/aromatic N) is 2. The molecular formula is C12H23N3O2S. The summed E-state index contributed by atoms with van der Waals surface area (Å²) in [5, 5.41) is 5.01. The Morgan fingerprint density at radius 2 is 1.83 bits per heavy atom. The first-order chi connectivity index (χ1) is 8.45. The van der Waals surface area contributed by atoms with Crippen molar-refractivity contribution in [3.63, 3.8) is 0 Å². The van der Waals surface area contributed by atoms with Gasteiger partial charge in [0.1, 0.15) is 5.82 Å². The molecule has 1 rings (SSSR count). The minimum atomic E-state index is -3.68. The normalized spacial score (nSPS) is 11.9. The van der Waals surface area contributed by atoms with Crippen molar-refractivity contribution in [2.45, 2.75) is 63.9 Å². The van der Waals surface area contributed by atoms with Gasteiger partial charge >= 0.3 is 0 Å². The summed E-state index contributed by atoms with van der Waals surface area (Å²) in [5.74, 6) is 0.701. The van der Waals surface area contributed by atoms with Crippen LogP contribution in [0.3, 0.4) is 0 Å². The Kier molecular flexibility index (Phi) is 5.81. The van der Waals surface area contributed by atoms with Gasteiger partial charge in [0.25, 0.3) is 10.0 Å². The molecule has 0 saturated heterocycles. The van der Waals surface area contributed by atoms with Crippen LogP contribution in [0.2, 0.25) is 0 Å². The summed E-state index contributed by atoms with van der Waals surface area (Å²) in [7, 11) is -3.68. The number of rotatable bonds is 8. The highest BCUT2D eigenvalue weighted by Crippen LogP contribution is 2.10. The summed E-state index contributed by atoms with van der Waals surface area (Å²) < 4.78 is 24.2. The molecule has 0 aliphatic carbocycles. The monoisotopic (exact) mass is 273 g/mol. The van der Waals surface area contributed by atoms with Gasteiger partial charge in [0, 0.05) is 12.7 Å². The van der Waals surface area contributed by atoms with Crippen molar-refractivity contribution in [3.05, 3.63) is 12.0 Å². The summed E-state index contributed by atoms with van der Waals surface area (Å²) in [6.07, 6.45) is 8.80. The lowest BCUT2D eigenvalue weighted by Crippen LogP contribution is -2.12. The van der Waals surface area contributed by atoms with E-state index < -0.39 is 10.0 Å². The molecule has 0 spiro atoms. The molecule has 18 heavy (non-hydrogen) atoms. The lowest BCUT2D eigenvalue weighted by Gasteiger charge is -2.04. The Balaban J connectivity index is 2.41. The first-order valence-corrected chi connectivity index (χ1v) is 8.06. The van der Waals surface area contributed by atoms with E-state index in [1.165, 1.54) is 38.3 Å². The molecule has 1 aromatic rings. The Labute approximate surface area is 109 Å². The highest BCUT2D eigenvalue weighted by atomic mass is 32.2.